The fraction of sp³-hybridized carbons (Fsp3) is 0.250. The first-order chi connectivity index (χ1) is 12.7. The molecule has 0 spiro atoms. The quantitative estimate of drug-likeness (QED) is 0.718. The number of carbonyl (C=O) groups is 2. The number of nitrogens with one attached hydrogen (secondary N) is 3. The molecule has 0 atom stereocenters. The third kappa shape index (κ3) is 6.01. The Labute approximate surface area is 163 Å². The summed E-state index contributed by atoms with van der Waals surface area (Å²) in [6, 6.07) is 13.8. The van der Waals surface area contributed by atoms with Crippen LogP contribution in [0.15, 0.2) is 42.5 Å². The molecule has 2 rings (SSSR count). The summed E-state index contributed by atoms with van der Waals surface area (Å²) >= 11 is 5.95. The summed E-state index contributed by atoms with van der Waals surface area (Å²) in [5.41, 5.74) is 1.72. The summed E-state index contributed by atoms with van der Waals surface area (Å²) in [7, 11) is 0. The molecule has 3 N–H and O–H groups in total. The van der Waals surface area contributed by atoms with Gasteiger partial charge in [-0.05, 0) is 36.4 Å². The highest BCUT2D eigenvalue weighted by molar-refractivity contribution is 6.32. The van der Waals surface area contributed by atoms with E-state index >= 15 is 0 Å². The first-order valence-corrected chi connectivity index (χ1v) is 8.72. The smallest absolute Gasteiger partial charge is 0.243 e. The molecule has 0 aliphatic heterocycles. The molecule has 2 amide bonds. The van der Waals surface area contributed by atoms with E-state index < -0.39 is 5.41 Å². The average Bonchev–Trinajstić information content (AvgIpc) is 2.60. The van der Waals surface area contributed by atoms with Crippen LogP contribution >= 0.6 is 11.6 Å². The summed E-state index contributed by atoms with van der Waals surface area (Å²) in [6.07, 6.45) is 0. The fourth-order valence-corrected chi connectivity index (χ4v) is 2.32. The van der Waals surface area contributed by atoms with Crippen molar-refractivity contribution in [2.75, 3.05) is 22.5 Å². The van der Waals surface area contributed by atoms with Crippen LogP contribution in [-0.4, -0.2) is 18.4 Å². The second-order valence-corrected chi connectivity index (χ2v) is 7.40. The van der Waals surface area contributed by atoms with Crippen molar-refractivity contribution in [2.45, 2.75) is 20.8 Å². The van der Waals surface area contributed by atoms with E-state index in [1.807, 2.05) is 26.8 Å². The maximum atomic E-state index is 12.1. The van der Waals surface area contributed by atoms with Crippen molar-refractivity contribution in [3.8, 4) is 6.07 Å². The lowest BCUT2D eigenvalue weighted by atomic mass is 9.95. The maximum absolute atomic E-state index is 12.1. The summed E-state index contributed by atoms with van der Waals surface area (Å²) in [5.74, 6) is -0.352. The van der Waals surface area contributed by atoms with Crippen LogP contribution in [0.25, 0.3) is 0 Å². The first-order valence-electron chi connectivity index (χ1n) is 8.34. The summed E-state index contributed by atoms with van der Waals surface area (Å²) < 4.78 is 0. The van der Waals surface area contributed by atoms with Gasteiger partial charge < -0.3 is 16.0 Å². The van der Waals surface area contributed by atoms with Gasteiger partial charge in [-0.1, -0.05) is 38.4 Å². The Kier molecular flexibility index (Phi) is 6.43. The number of benzene rings is 2. The van der Waals surface area contributed by atoms with E-state index in [1.165, 1.54) is 6.07 Å². The lowest BCUT2D eigenvalue weighted by Gasteiger charge is -2.18. The van der Waals surface area contributed by atoms with Crippen molar-refractivity contribution in [3.05, 3.63) is 53.1 Å². The van der Waals surface area contributed by atoms with Crippen molar-refractivity contribution < 1.29 is 9.59 Å². The van der Waals surface area contributed by atoms with Gasteiger partial charge in [-0.15, -0.1) is 0 Å². The Morgan fingerprint density at radius 3 is 2.33 bits per heavy atom. The zero-order chi connectivity index (χ0) is 20.0. The van der Waals surface area contributed by atoms with Gasteiger partial charge in [0, 0.05) is 22.5 Å². The first kappa shape index (κ1) is 20.3. The van der Waals surface area contributed by atoms with E-state index in [2.05, 4.69) is 16.0 Å². The molecule has 0 saturated carbocycles. The number of hydrogen-bond donors (Lipinski definition) is 3. The van der Waals surface area contributed by atoms with Crippen LogP contribution in [-0.2, 0) is 9.59 Å². The van der Waals surface area contributed by atoms with Crippen LogP contribution in [0.1, 0.15) is 26.3 Å². The van der Waals surface area contributed by atoms with E-state index in [9.17, 15) is 9.59 Å². The SMILES string of the molecule is CC(C)(C)C(=O)Nc1cccc(NCC(=O)Nc2ccc(C#N)c(Cl)c2)c1. The van der Waals surface area contributed by atoms with Gasteiger partial charge in [0.05, 0.1) is 17.1 Å². The number of anilines is 3. The molecule has 140 valence electrons. The molecule has 0 fully saturated rings. The number of amides is 2. The van der Waals surface area contributed by atoms with Crippen molar-refractivity contribution in [1.29, 1.82) is 5.26 Å². The predicted octanol–water partition coefficient (Wildman–Crippen LogP) is 4.25. The number of nitriles is 1. The van der Waals surface area contributed by atoms with E-state index in [4.69, 9.17) is 16.9 Å². The Morgan fingerprint density at radius 1 is 1.04 bits per heavy atom. The molecule has 27 heavy (non-hydrogen) atoms. The van der Waals surface area contributed by atoms with E-state index in [0.717, 1.165) is 0 Å². The minimum atomic E-state index is -0.494. The molecule has 0 saturated heterocycles. The van der Waals surface area contributed by atoms with Crippen LogP contribution in [0.4, 0.5) is 17.1 Å². The molecular formula is C20H21ClN4O2. The third-order valence-electron chi connectivity index (χ3n) is 3.63. The van der Waals surface area contributed by atoms with Crippen molar-refractivity contribution >= 4 is 40.5 Å². The van der Waals surface area contributed by atoms with Crippen molar-refractivity contribution in [2.24, 2.45) is 5.41 Å². The Bertz CT molecular complexity index is 898. The highest BCUT2D eigenvalue weighted by atomic mass is 35.5. The summed E-state index contributed by atoms with van der Waals surface area (Å²) in [5, 5.41) is 17.7. The van der Waals surface area contributed by atoms with E-state index in [1.54, 1.807) is 36.4 Å². The van der Waals surface area contributed by atoms with Gasteiger partial charge in [-0.2, -0.15) is 5.26 Å². The topological polar surface area (TPSA) is 94.0 Å². The van der Waals surface area contributed by atoms with Gasteiger partial charge in [0.15, 0.2) is 0 Å². The minimum absolute atomic E-state index is 0.0360. The zero-order valence-corrected chi connectivity index (χ0v) is 16.1. The number of halogens is 1. The van der Waals surface area contributed by atoms with Crippen LogP contribution in [0.3, 0.4) is 0 Å². The number of nitrogens with zero attached hydrogens (tertiary/aromatic N) is 1. The Hall–Kier alpha value is -3.04. The molecule has 0 unspecified atom stereocenters. The van der Waals surface area contributed by atoms with Crippen LogP contribution in [0, 0.1) is 16.7 Å². The molecule has 0 aliphatic rings. The highest BCUT2D eigenvalue weighted by Gasteiger charge is 2.21. The molecule has 0 heterocycles. The van der Waals surface area contributed by atoms with Gasteiger partial charge in [-0.3, -0.25) is 9.59 Å². The normalized spacial score (nSPS) is 10.6. The number of carbonyl (C=O) groups excluding carboxylic acids is 2. The largest absolute Gasteiger partial charge is 0.376 e. The van der Waals surface area contributed by atoms with Crippen LogP contribution < -0.4 is 16.0 Å². The minimum Gasteiger partial charge on any atom is -0.376 e. The Morgan fingerprint density at radius 2 is 1.70 bits per heavy atom. The molecule has 0 radical (unpaired) electrons. The van der Waals surface area contributed by atoms with Crippen LogP contribution in [0.2, 0.25) is 5.02 Å². The highest BCUT2D eigenvalue weighted by Crippen LogP contribution is 2.21. The average molecular weight is 385 g/mol. The molecule has 0 aromatic heterocycles. The monoisotopic (exact) mass is 384 g/mol. The van der Waals surface area contributed by atoms with Gasteiger partial charge in [-0.25, -0.2) is 0 Å². The lowest BCUT2D eigenvalue weighted by molar-refractivity contribution is -0.123. The molecule has 7 heteroatoms. The summed E-state index contributed by atoms with van der Waals surface area (Å²) in [4.78, 5) is 24.2. The van der Waals surface area contributed by atoms with E-state index in [-0.39, 0.29) is 23.4 Å². The Balaban J connectivity index is 1.93. The second-order valence-electron chi connectivity index (χ2n) is 6.99. The molecule has 0 aliphatic carbocycles. The second kappa shape index (κ2) is 8.56. The fourth-order valence-electron chi connectivity index (χ4n) is 2.10. The van der Waals surface area contributed by atoms with Gasteiger partial charge >= 0.3 is 0 Å². The standard InChI is InChI=1S/C20H21ClN4O2/c1-20(2,3)19(27)25-15-6-4-5-14(9-15)23-12-18(26)24-16-8-7-13(11-22)17(21)10-16/h4-10,23H,12H2,1-3H3,(H,24,26)(H,25,27). The molecule has 0 bridgehead atoms. The summed E-state index contributed by atoms with van der Waals surface area (Å²) in [6.45, 7) is 5.55. The maximum Gasteiger partial charge on any atom is 0.243 e. The lowest BCUT2D eigenvalue weighted by Crippen LogP contribution is -2.27. The van der Waals surface area contributed by atoms with Gasteiger partial charge in [0.1, 0.15) is 6.07 Å². The number of rotatable bonds is 5. The zero-order valence-electron chi connectivity index (χ0n) is 15.4. The molecule has 2 aromatic rings. The predicted molar refractivity (Wildman–Crippen MR) is 108 cm³/mol. The third-order valence-corrected chi connectivity index (χ3v) is 3.94. The van der Waals surface area contributed by atoms with Crippen molar-refractivity contribution in [1.82, 2.24) is 0 Å². The van der Waals surface area contributed by atoms with Crippen LogP contribution in [0.5, 0.6) is 0 Å². The number of hydrogen-bond acceptors (Lipinski definition) is 4. The van der Waals surface area contributed by atoms with E-state index in [0.29, 0.717) is 22.6 Å². The molecule has 2 aromatic carbocycles. The van der Waals surface area contributed by atoms with Crippen molar-refractivity contribution in [3.63, 3.8) is 0 Å². The van der Waals surface area contributed by atoms with Gasteiger partial charge in [0.2, 0.25) is 11.8 Å². The van der Waals surface area contributed by atoms with Gasteiger partial charge in [0.25, 0.3) is 0 Å². The molecule has 6 nitrogen and oxygen atoms in total. The molecular weight excluding hydrogens is 364 g/mol.